The van der Waals surface area contributed by atoms with Gasteiger partial charge >= 0.3 is 0 Å². The van der Waals surface area contributed by atoms with Crippen LogP contribution in [0.4, 0.5) is 5.13 Å². The van der Waals surface area contributed by atoms with Gasteiger partial charge in [0.15, 0.2) is 0 Å². The van der Waals surface area contributed by atoms with E-state index in [-0.39, 0.29) is 12.5 Å². The minimum Gasteiger partial charge on any atom is -0.381 e. The molecule has 84 valence electrons. The van der Waals surface area contributed by atoms with E-state index < -0.39 is 12.0 Å². The number of aliphatic hydroxyl groups excluding tert-OH is 1. The highest BCUT2D eigenvalue weighted by Gasteiger charge is 2.12. The highest BCUT2D eigenvalue weighted by Crippen LogP contribution is 2.16. The Morgan fingerprint density at radius 3 is 2.80 bits per heavy atom. The van der Waals surface area contributed by atoms with Gasteiger partial charge in [0.2, 0.25) is 11.0 Å². The summed E-state index contributed by atoms with van der Waals surface area (Å²) in [7, 11) is 0. The van der Waals surface area contributed by atoms with Crippen LogP contribution < -0.4 is 11.1 Å². The smallest absolute Gasteiger partial charge is 0.248 e. The van der Waals surface area contributed by atoms with Gasteiger partial charge in [-0.1, -0.05) is 13.8 Å². The molecule has 0 saturated carbocycles. The highest BCUT2D eigenvalue weighted by molar-refractivity contribution is 7.09. The van der Waals surface area contributed by atoms with E-state index in [1.807, 2.05) is 13.8 Å². The van der Waals surface area contributed by atoms with Crippen LogP contribution in [-0.4, -0.2) is 33.0 Å². The van der Waals surface area contributed by atoms with Crippen LogP contribution in [0.2, 0.25) is 0 Å². The molecule has 1 amide bonds. The number of primary amides is 1. The number of anilines is 1. The SMILES string of the molecule is CC(C)c1nsc(NCC(O)C(N)=O)n1. The Kier molecular flexibility index (Phi) is 3.98. The zero-order valence-corrected chi connectivity index (χ0v) is 9.41. The molecular weight excluding hydrogens is 216 g/mol. The molecule has 0 radical (unpaired) electrons. The summed E-state index contributed by atoms with van der Waals surface area (Å²) >= 11 is 1.20. The Bertz CT molecular complexity index is 339. The van der Waals surface area contributed by atoms with Gasteiger partial charge in [-0.05, 0) is 0 Å². The molecule has 1 rings (SSSR count). The van der Waals surface area contributed by atoms with Crippen LogP contribution in [0.25, 0.3) is 0 Å². The Labute approximate surface area is 91.7 Å². The number of aromatic nitrogens is 2. The third-order valence-corrected chi connectivity index (χ3v) is 2.42. The topological polar surface area (TPSA) is 101 Å². The lowest BCUT2D eigenvalue weighted by Gasteiger charge is -2.05. The monoisotopic (exact) mass is 230 g/mol. The minimum absolute atomic E-state index is 0.0576. The van der Waals surface area contributed by atoms with Crippen molar-refractivity contribution in [3.8, 4) is 0 Å². The van der Waals surface area contributed by atoms with E-state index in [2.05, 4.69) is 14.7 Å². The lowest BCUT2D eigenvalue weighted by molar-refractivity contribution is -0.125. The highest BCUT2D eigenvalue weighted by atomic mass is 32.1. The average Bonchev–Trinajstić information content (AvgIpc) is 2.62. The van der Waals surface area contributed by atoms with Crippen LogP contribution in [0.3, 0.4) is 0 Å². The Morgan fingerprint density at radius 1 is 1.67 bits per heavy atom. The van der Waals surface area contributed by atoms with E-state index in [4.69, 9.17) is 10.8 Å². The number of nitrogens with two attached hydrogens (primary N) is 1. The summed E-state index contributed by atoms with van der Waals surface area (Å²) in [5.41, 5.74) is 4.89. The molecule has 0 fully saturated rings. The van der Waals surface area contributed by atoms with Gasteiger partial charge < -0.3 is 16.2 Å². The van der Waals surface area contributed by atoms with Crippen LogP contribution >= 0.6 is 11.5 Å². The number of amides is 1. The third-order valence-electron chi connectivity index (χ3n) is 1.73. The zero-order valence-electron chi connectivity index (χ0n) is 8.60. The fourth-order valence-corrected chi connectivity index (χ4v) is 1.54. The molecule has 0 spiro atoms. The summed E-state index contributed by atoms with van der Waals surface area (Å²) < 4.78 is 4.11. The molecule has 0 aliphatic heterocycles. The van der Waals surface area contributed by atoms with E-state index >= 15 is 0 Å². The molecule has 6 nitrogen and oxygen atoms in total. The van der Waals surface area contributed by atoms with E-state index in [0.29, 0.717) is 5.13 Å². The van der Waals surface area contributed by atoms with Gasteiger partial charge in [0.05, 0.1) is 6.54 Å². The van der Waals surface area contributed by atoms with Crippen molar-refractivity contribution in [1.82, 2.24) is 9.36 Å². The van der Waals surface area contributed by atoms with E-state index in [1.54, 1.807) is 0 Å². The normalized spacial score (nSPS) is 12.8. The Hall–Kier alpha value is -1.21. The van der Waals surface area contributed by atoms with Gasteiger partial charge in [-0.15, -0.1) is 0 Å². The molecule has 4 N–H and O–H groups in total. The van der Waals surface area contributed by atoms with Gasteiger partial charge in [0.1, 0.15) is 11.9 Å². The maximum atomic E-state index is 10.5. The second-order valence-electron chi connectivity index (χ2n) is 3.41. The zero-order chi connectivity index (χ0) is 11.4. The summed E-state index contributed by atoms with van der Waals surface area (Å²) in [4.78, 5) is 14.7. The second-order valence-corrected chi connectivity index (χ2v) is 4.16. The Morgan fingerprint density at radius 2 is 2.33 bits per heavy atom. The largest absolute Gasteiger partial charge is 0.381 e. The number of rotatable bonds is 5. The number of nitrogens with zero attached hydrogens (tertiary/aromatic N) is 2. The lowest BCUT2D eigenvalue weighted by atomic mass is 10.2. The lowest BCUT2D eigenvalue weighted by Crippen LogP contribution is -2.34. The number of hydrogen-bond acceptors (Lipinski definition) is 6. The summed E-state index contributed by atoms with van der Waals surface area (Å²) in [5.74, 6) is 0.255. The summed E-state index contributed by atoms with van der Waals surface area (Å²) in [6.07, 6.45) is -1.20. The first-order valence-electron chi connectivity index (χ1n) is 4.55. The molecule has 0 bridgehead atoms. The van der Waals surface area contributed by atoms with Crippen molar-refractivity contribution in [1.29, 1.82) is 0 Å². The van der Waals surface area contributed by atoms with Crippen molar-refractivity contribution >= 4 is 22.6 Å². The van der Waals surface area contributed by atoms with Crippen molar-refractivity contribution in [2.24, 2.45) is 5.73 Å². The number of nitrogens with one attached hydrogen (secondary N) is 1. The molecule has 1 aromatic rings. The van der Waals surface area contributed by atoms with Crippen LogP contribution in [-0.2, 0) is 4.79 Å². The standard InChI is InChI=1S/C8H14N4O2S/c1-4(2)7-11-8(15-12-7)10-3-5(13)6(9)14/h4-5,13H,3H2,1-2H3,(H2,9,14)(H,10,11,12). The summed E-state index contributed by atoms with van der Waals surface area (Å²) in [5, 5.41) is 12.5. The van der Waals surface area contributed by atoms with Crippen molar-refractivity contribution < 1.29 is 9.90 Å². The maximum absolute atomic E-state index is 10.5. The maximum Gasteiger partial charge on any atom is 0.248 e. The fraction of sp³-hybridized carbons (Fsp3) is 0.625. The fourth-order valence-electron chi connectivity index (χ4n) is 0.826. The predicted molar refractivity (Wildman–Crippen MR) is 57.7 cm³/mol. The van der Waals surface area contributed by atoms with Gasteiger partial charge in [0, 0.05) is 17.5 Å². The van der Waals surface area contributed by atoms with Crippen molar-refractivity contribution in [3.63, 3.8) is 0 Å². The van der Waals surface area contributed by atoms with E-state index in [0.717, 1.165) is 5.82 Å². The van der Waals surface area contributed by atoms with Gasteiger partial charge in [-0.3, -0.25) is 4.79 Å². The molecule has 0 aromatic carbocycles. The van der Waals surface area contributed by atoms with Crippen LogP contribution in [0.15, 0.2) is 0 Å². The predicted octanol–water partition coefficient (Wildman–Crippen LogP) is -0.0804. The quantitative estimate of drug-likeness (QED) is 0.656. The molecule has 0 aliphatic carbocycles. The number of carbonyl (C=O) groups excluding carboxylic acids is 1. The molecule has 1 heterocycles. The molecule has 1 unspecified atom stereocenters. The minimum atomic E-state index is -1.20. The first kappa shape index (κ1) is 11.9. The van der Waals surface area contributed by atoms with Crippen LogP contribution in [0, 0.1) is 0 Å². The molecule has 1 atom stereocenters. The second kappa shape index (κ2) is 5.04. The summed E-state index contributed by atoms with van der Waals surface area (Å²) in [6.45, 7) is 4.04. The average molecular weight is 230 g/mol. The molecule has 0 saturated heterocycles. The van der Waals surface area contributed by atoms with Gasteiger partial charge in [-0.2, -0.15) is 4.37 Å². The van der Waals surface area contributed by atoms with Crippen LogP contribution in [0.5, 0.6) is 0 Å². The van der Waals surface area contributed by atoms with E-state index in [9.17, 15) is 4.79 Å². The first-order chi connectivity index (χ1) is 7.00. The summed E-state index contributed by atoms with van der Waals surface area (Å²) in [6, 6.07) is 0. The van der Waals surface area contributed by atoms with Gasteiger partial charge in [-0.25, -0.2) is 4.98 Å². The molecule has 7 heteroatoms. The van der Waals surface area contributed by atoms with E-state index in [1.165, 1.54) is 11.5 Å². The van der Waals surface area contributed by atoms with Crippen molar-refractivity contribution in [2.75, 3.05) is 11.9 Å². The third kappa shape index (κ3) is 3.45. The number of carbonyl (C=O) groups is 1. The first-order valence-corrected chi connectivity index (χ1v) is 5.33. The van der Waals surface area contributed by atoms with Crippen molar-refractivity contribution in [3.05, 3.63) is 5.82 Å². The number of hydrogen-bond donors (Lipinski definition) is 3. The van der Waals surface area contributed by atoms with Crippen molar-refractivity contribution in [2.45, 2.75) is 25.9 Å². The molecule has 1 aromatic heterocycles. The molecule has 15 heavy (non-hydrogen) atoms. The number of aliphatic hydroxyl groups is 1. The molecule has 0 aliphatic rings. The molecular formula is C8H14N4O2S. The van der Waals surface area contributed by atoms with Gasteiger partial charge in [0.25, 0.3) is 0 Å². The van der Waals surface area contributed by atoms with Crippen LogP contribution in [0.1, 0.15) is 25.6 Å². The Balaban J connectivity index is 2.47.